The van der Waals surface area contributed by atoms with Gasteiger partial charge in [0.1, 0.15) is 5.75 Å². The summed E-state index contributed by atoms with van der Waals surface area (Å²) in [5.41, 5.74) is 1.92. The Kier molecular flexibility index (Phi) is 7.87. The van der Waals surface area contributed by atoms with E-state index < -0.39 is 10.0 Å². The Labute approximate surface area is 179 Å². The summed E-state index contributed by atoms with van der Waals surface area (Å²) in [5.74, 6) is 0.719. The number of hydrogen-bond acceptors (Lipinski definition) is 4. The van der Waals surface area contributed by atoms with Crippen molar-refractivity contribution in [2.45, 2.75) is 50.0 Å². The molecule has 0 unspecified atom stereocenters. The molecule has 0 bridgehead atoms. The summed E-state index contributed by atoms with van der Waals surface area (Å²) in [6.45, 7) is 1.64. The molecule has 1 heterocycles. The molecule has 1 saturated heterocycles. The van der Waals surface area contributed by atoms with E-state index in [9.17, 15) is 13.2 Å². The van der Waals surface area contributed by atoms with E-state index >= 15 is 0 Å². The van der Waals surface area contributed by atoms with Crippen LogP contribution in [0.5, 0.6) is 5.75 Å². The summed E-state index contributed by atoms with van der Waals surface area (Å²) >= 11 is 0. The van der Waals surface area contributed by atoms with Gasteiger partial charge in [0, 0.05) is 26.1 Å². The van der Waals surface area contributed by atoms with Crippen molar-refractivity contribution < 1.29 is 17.9 Å². The van der Waals surface area contributed by atoms with Gasteiger partial charge in [-0.15, -0.1) is 0 Å². The van der Waals surface area contributed by atoms with E-state index in [1.54, 1.807) is 35.7 Å². The zero-order chi connectivity index (χ0) is 21.4. The number of nitrogens with one attached hydrogen (secondary N) is 1. The van der Waals surface area contributed by atoms with E-state index in [-0.39, 0.29) is 5.91 Å². The Balaban J connectivity index is 1.50. The Morgan fingerprint density at radius 3 is 2.37 bits per heavy atom. The number of hydrogen-bond donors (Lipinski definition) is 1. The van der Waals surface area contributed by atoms with Crippen LogP contribution >= 0.6 is 0 Å². The van der Waals surface area contributed by atoms with Crippen molar-refractivity contribution >= 4 is 15.9 Å². The van der Waals surface area contributed by atoms with Gasteiger partial charge in [-0.05, 0) is 54.7 Å². The third kappa shape index (κ3) is 6.06. The quantitative estimate of drug-likeness (QED) is 0.695. The summed E-state index contributed by atoms with van der Waals surface area (Å²) in [5, 5.41) is 2.91. The van der Waals surface area contributed by atoms with Crippen LogP contribution in [0.15, 0.2) is 53.4 Å². The van der Waals surface area contributed by atoms with Gasteiger partial charge in [0.15, 0.2) is 0 Å². The second-order valence-electron chi connectivity index (χ2n) is 7.59. The first kappa shape index (κ1) is 22.3. The van der Waals surface area contributed by atoms with Crippen LogP contribution in [-0.4, -0.2) is 38.8 Å². The minimum Gasteiger partial charge on any atom is -0.497 e. The van der Waals surface area contributed by atoms with Gasteiger partial charge in [-0.2, -0.15) is 4.31 Å². The smallest absolute Gasteiger partial charge is 0.243 e. The number of sulfonamides is 1. The summed E-state index contributed by atoms with van der Waals surface area (Å²) in [4.78, 5) is 12.5. The molecule has 0 spiro atoms. The molecule has 1 aliphatic rings. The molecule has 30 heavy (non-hydrogen) atoms. The molecule has 0 aliphatic carbocycles. The number of carbonyl (C=O) groups is 1. The molecule has 1 fully saturated rings. The third-order valence-electron chi connectivity index (χ3n) is 5.39. The molecule has 0 radical (unpaired) electrons. The maximum atomic E-state index is 12.8. The zero-order valence-electron chi connectivity index (χ0n) is 17.5. The van der Waals surface area contributed by atoms with Crippen LogP contribution in [0, 0.1) is 0 Å². The van der Waals surface area contributed by atoms with Crippen LogP contribution in [0.25, 0.3) is 0 Å². The molecule has 6 nitrogen and oxygen atoms in total. The topological polar surface area (TPSA) is 75.7 Å². The first-order valence-corrected chi connectivity index (χ1v) is 11.9. The molecule has 162 valence electrons. The molecule has 2 aromatic rings. The number of nitrogens with zero attached hydrogens (tertiary/aromatic N) is 1. The minimum atomic E-state index is -3.43. The summed E-state index contributed by atoms with van der Waals surface area (Å²) in [6, 6.07) is 14.5. The fourth-order valence-corrected chi connectivity index (χ4v) is 5.11. The van der Waals surface area contributed by atoms with E-state index in [1.165, 1.54) is 0 Å². The second-order valence-corrected chi connectivity index (χ2v) is 9.53. The van der Waals surface area contributed by atoms with E-state index in [2.05, 4.69) is 5.32 Å². The highest BCUT2D eigenvalue weighted by atomic mass is 32.2. The second kappa shape index (κ2) is 10.6. The van der Waals surface area contributed by atoms with E-state index in [1.807, 2.05) is 24.3 Å². The fraction of sp³-hybridized carbons (Fsp3) is 0.435. The van der Waals surface area contributed by atoms with Gasteiger partial charge < -0.3 is 10.1 Å². The Morgan fingerprint density at radius 1 is 1.00 bits per heavy atom. The largest absolute Gasteiger partial charge is 0.497 e. The molecular formula is C23H30N2O4S. The molecule has 1 amide bonds. The van der Waals surface area contributed by atoms with Crippen molar-refractivity contribution in [1.82, 2.24) is 9.62 Å². The fourth-order valence-electron chi connectivity index (χ4n) is 3.59. The van der Waals surface area contributed by atoms with Crippen molar-refractivity contribution in [1.29, 1.82) is 0 Å². The summed E-state index contributed by atoms with van der Waals surface area (Å²) in [7, 11) is -1.82. The maximum Gasteiger partial charge on any atom is 0.243 e. The highest BCUT2D eigenvalue weighted by molar-refractivity contribution is 7.89. The maximum absolute atomic E-state index is 12.8. The van der Waals surface area contributed by atoms with Crippen LogP contribution in [0.1, 0.15) is 43.2 Å². The molecule has 2 aromatic carbocycles. The van der Waals surface area contributed by atoms with E-state index in [0.29, 0.717) is 37.4 Å². The minimum absolute atomic E-state index is 0.0425. The van der Waals surface area contributed by atoms with Crippen LogP contribution in [0.3, 0.4) is 0 Å². The van der Waals surface area contributed by atoms with Gasteiger partial charge >= 0.3 is 0 Å². The van der Waals surface area contributed by atoms with Crippen LogP contribution in [0.4, 0.5) is 0 Å². The van der Waals surface area contributed by atoms with E-state index in [4.69, 9.17) is 4.74 Å². The van der Waals surface area contributed by atoms with E-state index in [0.717, 1.165) is 42.6 Å². The van der Waals surface area contributed by atoms with Gasteiger partial charge in [-0.25, -0.2) is 8.42 Å². The van der Waals surface area contributed by atoms with Gasteiger partial charge in [0.2, 0.25) is 15.9 Å². The van der Waals surface area contributed by atoms with Crippen molar-refractivity contribution in [3.05, 3.63) is 59.7 Å². The van der Waals surface area contributed by atoms with Crippen LogP contribution in [0.2, 0.25) is 0 Å². The molecule has 1 N–H and O–H groups in total. The Bertz CT molecular complexity index is 934. The normalized spacial score (nSPS) is 15.4. The van der Waals surface area contributed by atoms with Gasteiger partial charge in [0.25, 0.3) is 0 Å². The number of methoxy groups -OCH3 is 1. The first-order chi connectivity index (χ1) is 14.5. The molecule has 3 rings (SSSR count). The molecule has 1 aliphatic heterocycles. The highest BCUT2D eigenvalue weighted by Crippen LogP contribution is 2.21. The lowest BCUT2D eigenvalue weighted by atomic mass is 10.1. The molecule has 0 saturated carbocycles. The zero-order valence-corrected chi connectivity index (χ0v) is 18.3. The lowest BCUT2D eigenvalue weighted by Crippen LogP contribution is -2.31. The lowest BCUT2D eigenvalue weighted by molar-refractivity contribution is -0.121. The number of amides is 1. The van der Waals surface area contributed by atoms with Gasteiger partial charge in [-0.1, -0.05) is 37.1 Å². The Morgan fingerprint density at radius 2 is 1.70 bits per heavy atom. The van der Waals surface area contributed by atoms with Crippen molar-refractivity contribution in [2.75, 3.05) is 20.2 Å². The number of aryl methyl sites for hydroxylation is 1. The Hall–Kier alpha value is -2.38. The monoisotopic (exact) mass is 430 g/mol. The van der Waals surface area contributed by atoms with Crippen molar-refractivity contribution in [3.8, 4) is 5.75 Å². The predicted molar refractivity (Wildman–Crippen MR) is 117 cm³/mol. The predicted octanol–water partition coefficient (Wildman–Crippen LogP) is 3.51. The molecule has 0 atom stereocenters. The van der Waals surface area contributed by atoms with Gasteiger partial charge in [-0.3, -0.25) is 4.79 Å². The molecule has 7 heteroatoms. The van der Waals surface area contributed by atoms with Crippen LogP contribution in [-0.2, 0) is 27.8 Å². The lowest BCUT2D eigenvalue weighted by Gasteiger charge is -2.20. The summed E-state index contributed by atoms with van der Waals surface area (Å²) < 4.78 is 32.5. The standard InChI is InChI=1S/C23H30N2O4S/c1-29-21-8-6-7-20(17-21)18-24-23(26)14-11-19-9-12-22(13-10-19)30(27,28)25-15-4-2-3-5-16-25/h6-10,12-13,17H,2-5,11,14-16,18H2,1H3,(H,24,26). The molecule has 0 aromatic heterocycles. The number of carbonyl (C=O) groups excluding carboxylic acids is 1. The number of rotatable bonds is 8. The SMILES string of the molecule is COc1cccc(CNC(=O)CCc2ccc(S(=O)(=O)N3CCCCCC3)cc2)c1. The number of ether oxygens (including phenoxy) is 1. The highest BCUT2D eigenvalue weighted by Gasteiger charge is 2.24. The number of benzene rings is 2. The average Bonchev–Trinajstić information content (AvgIpc) is 3.07. The summed E-state index contributed by atoms with van der Waals surface area (Å²) in [6.07, 6.45) is 4.93. The average molecular weight is 431 g/mol. The van der Waals surface area contributed by atoms with Crippen LogP contribution < -0.4 is 10.1 Å². The molecular weight excluding hydrogens is 400 g/mol. The van der Waals surface area contributed by atoms with Crippen molar-refractivity contribution in [2.24, 2.45) is 0 Å². The third-order valence-corrected chi connectivity index (χ3v) is 7.30. The first-order valence-electron chi connectivity index (χ1n) is 10.5. The van der Waals surface area contributed by atoms with Gasteiger partial charge in [0.05, 0.1) is 12.0 Å². The van der Waals surface area contributed by atoms with Crippen molar-refractivity contribution in [3.63, 3.8) is 0 Å².